The molecule has 170 valence electrons. The maximum atomic E-state index is 13.5. The van der Waals surface area contributed by atoms with Gasteiger partial charge in [0.1, 0.15) is 17.2 Å². The number of pyridine rings is 1. The van der Waals surface area contributed by atoms with Crippen LogP contribution in [0.4, 0.5) is 26.3 Å². The highest BCUT2D eigenvalue weighted by Gasteiger charge is 2.44. The Morgan fingerprint density at radius 3 is 2.39 bits per heavy atom. The monoisotopic (exact) mass is 453 g/mol. The van der Waals surface area contributed by atoms with Crippen molar-refractivity contribution in [3.05, 3.63) is 23.1 Å². The van der Waals surface area contributed by atoms with Gasteiger partial charge in [-0.2, -0.15) is 26.3 Å². The SMILES string of the molecule is CC1CCCCCC(C(F)(F)F)c2nnc(o2)-c2nc(c(C(F)(F)F)cc2C(=O)O)O1. The Balaban J connectivity index is 2.21. The number of ether oxygens (including phenoxy) is 1. The number of halogens is 6. The zero-order valence-corrected chi connectivity index (χ0v) is 16.0. The Morgan fingerprint density at radius 2 is 1.77 bits per heavy atom. The van der Waals surface area contributed by atoms with Crippen molar-refractivity contribution in [2.45, 2.75) is 63.4 Å². The molecule has 0 aliphatic carbocycles. The Labute approximate surface area is 171 Å². The molecule has 13 heteroatoms. The van der Waals surface area contributed by atoms with Crippen molar-refractivity contribution < 1.29 is 45.4 Å². The van der Waals surface area contributed by atoms with Crippen molar-refractivity contribution >= 4 is 5.97 Å². The van der Waals surface area contributed by atoms with E-state index in [1.807, 2.05) is 0 Å². The fourth-order valence-electron chi connectivity index (χ4n) is 3.22. The molecule has 2 aromatic heterocycles. The maximum absolute atomic E-state index is 13.5. The number of hydrogen-bond donors (Lipinski definition) is 1. The predicted octanol–water partition coefficient (Wildman–Crippen LogP) is 5.23. The van der Waals surface area contributed by atoms with Gasteiger partial charge in [0, 0.05) is 0 Å². The molecule has 0 aromatic carbocycles. The lowest BCUT2D eigenvalue weighted by Gasteiger charge is -2.20. The summed E-state index contributed by atoms with van der Waals surface area (Å²) in [6, 6.07) is 0.295. The molecule has 7 nitrogen and oxygen atoms in total. The zero-order chi connectivity index (χ0) is 23.0. The smallest absolute Gasteiger partial charge is 0.421 e. The minimum Gasteiger partial charge on any atom is -0.478 e. The molecule has 2 aromatic rings. The summed E-state index contributed by atoms with van der Waals surface area (Å²) in [5.41, 5.74) is -3.10. The molecule has 1 aliphatic heterocycles. The van der Waals surface area contributed by atoms with E-state index in [0.29, 0.717) is 18.9 Å². The van der Waals surface area contributed by atoms with Crippen LogP contribution in [-0.2, 0) is 6.18 Å². The van der Waals surface area contributed by atoms with E-state index in [0.717, 1.165) is 0 Å². The van der Waals surface area contributed by atoms with Gasteiger partial charge in [0.05, 0.1) is 11.7 Å². The lowest BCUT2D eigenvalue weighted by Crippen LogP contribution is -2.21. The van der Waals surface area contributed by atoms with Crippen LogP contribution in [0.15, 0.2) is 10.5 Å². The van der Waals surface area contributed by atoms with Gasteiger partial charge >= 0.3 is 18.3 Å². The van der Waals surface area contributed by atoms with Crippen LogP contribution in [0.5, 0.6) is 5.88 Å². The van der Waals surface area contributed by atoms with Gasteiger partial charge in [-0.3, -0.25) is 0 Å². The lowest BCUT2D eigenvalue weighted by atomic mass is 9.99. The summed E-state index contributed by atoms with van der Waals surface area (Å²) in [5, 5.41) is 16.1. The number of aromatic carboxylic acids is 1. The molecule has 0 amide bonds. The highest BCUT2D eigenvalue weighted by Crippen LogP contribution is 2.41. The van der Waals surface area contributed by atoms with Crippen molar-refractivity contribution in [1.82, 2.24) is 15.2 Å². The van der Waals surface area contributed by atoms with Gasteiger partial charge in [0.15, 0.2) is 0 Å². The molecule has 0 radical (unpaired) electrons. The first-order valence-electron chi connectivity index (χ1n) is 9.30. The maximum Gasteiger partial charge on any atom is 0.421 e. The highest BCUT2D eigenvalue weighted by molar-refractivity contribution is 5.94. The Kier molecular flexibility index (Phi) is 6.14. The molecule has 2 atom stereocenters. The number of nitrogens with zero attached hydrogens (tertiary/aromatic N) is 3. The molecular formula is C18H17F6N3O4. The third kappa shape index (κ3) is 5.07. The van der Waals surface area contributed by atoms with Crippen LogP contribution in [-0.4, -0.2) is 38.5 Å². The average Bonchev–Trinajstić information content (AvgIpc) is 3.10. The first-order chi connectivity index (χ1) is 14.4. The first-order valence-corrected chi connectivity index (χ1v) is 9.30. The van der Waals surface area contributed by atoms with Crippen molar-refractivity contribution in [2.24, 2.45) is 0 Å². The molecule has 1 aliphatic rings. The van der Waals surface area contributed by atoms with E-state index in [1.54, 1.807) is 0 Å². The molecule has 4 bridgehead atoms. The third-order valence-electron chi connectivity index (χ3n) is 4.78. The molecule has 0 spiro atoms. The molecule has 1 N–H and O–H groups in total. The first kappa shape index (κ1) is 22.8. The summed E-state index contributed by atoms with van der Waals surface area (Å²) >= 11 is 0. The van der Waals surface area contributed by atoms with Crippen LogP contribution in [0.25, 0.3) is 11.6 Å². The second-order valence-corrected chi connectivity index (χ2v) is 7.15. The van der Waals surface area contributed by atoms with Gasteiger partial charge in [0.2, 0.25) is 11.8 Å². The van der Waals surface area contributed by atoms with Gasteiger partial charge in [0.25, 0.3) is 5.89 Å². The summed E-state index contributed by atoms with van der Waals surface area (Å²) in [6.45, 7) is 1.49. The fraction of sp³-hybridized carbons (Fsp3) is 0.556. The van der Waals surface area contributed by atoms with E-state index in [-0.39, 0.29) is 19.3 Å². The largest absolute Gasteiger partial charge is 0.478 e. The number of alkyl halides is 6. The summed E-state index contributed by atoms with van der Waals surface area (Å²) < 4.78 is 91.3. The Bertz CT molecular complexity index is 957. The number of aromatic nitrogens is 3. The van der Waals surface area contributed by atoms with Crippen molar-refractivity contribution in [1.29, 1.82) is 0 Å². The van der Waals surface area contributed by atoms with Crippen molar-refractivity contribution in [2.75, 3.05) is 0 Å². The topological polar surface area (TPSA) is 98.3 Å². The molecular weight excluding hydrogens is 436 g/mol. The van der Waals surface area contributed by atoms with Gasteiger partial charge in [-0.1, -0.05) is 12.8 Å². The third-order valence-corrected chi connectivity index (χ3v) is 4.78. The Hall–Kier alpha value is -2.86. The number of carboxylic acids is 1. The minimum atomic E-state index is -4.99. The molecule has 2 unspecified atom stereocenters. The van der Waals surface area contributed by atoms with Crippen LogP contribution in [0.1, 0.15) is 66.8 Å². The van der Waals surface area contributed by atoms with Gasteiger partial charge in [-0.25, -0.2) is 9.78 Å². The van der Waals surface area contributed by atoms with Crippen LogP contribution in [0.2, 0.25) is 0 Å². The molecule has 3 heterocycles. The number of fused-ring (bicyclic) bond motifs is 5. The van der Waals surface area contributed by atoms with Crippen LogP contribution >= 0.6 is 0 Å². The van der Waals surface area contributed by atoms with E-state index >= 15 is 0 Å². The molecule has 3 rings (SSSR count). The second-order valence-electron chi connectivity index (χ2n) is 7.15. The van der Waals surface area contributed by atoms with Gasteiger partial charge in [-0.15, -0.1) is 10.2 Å². The minimum absolute atomic E-state index is 0.159. The van der Waals surface area contributed by atoms with E-state index in [1.165, 1.54) is 6.92 Å². The normalized spacial score (nSPS) is 20.6. The zero-order valence-electron chi connectivity index (χ0n) is 16.0. The quantitative estimate of drug-likeness (QED) is 0.591. The second kappa shape index (κ2) is 8.35. The number of hydrogen-bond acceptors (Lipinski definition) is 6. The van der Waals surface area contributed by atoms with Crippen molar-refractivity contribution in [3.63, 3.8) is 0 Å². The predicted molar refractivity (Wildman–Crippen MR) is 91.5 cm³/mol. The van der Waals surface area contributed by atoms with Crippen LogP contribution < -0.4 is 4.74 Å². The van der Waals surface area contributed by atoms with Crippen LogP contribution in [0.3, 0.4) is 0 Å². The number of rotatable bonds is 1. The number of carbonyl (C=O) groups is 1. The van der Waals surface area contributed by atoms with Gasteiger partial charge < -0.3 is 14.3 Å². The lowest BCUT2D eigenvalue weighted by molar-refractivity contribution is -0.156. The molecule has 0 saturated carbocycles. The standard InChI is InChI=1S/C18H17F6N3O4/c1-8-5-3-2-4-6-10(17(19,20)21)14-26-27-15(31-14)12-9(16(28)29)7-11(18(22,23)24)13(25-12)30-8/h7-8,10H,2-6H2,1H3,(H,28,29). The molecule has 0 fully saturated rings. The van der Waals surface area contributed by atoms with Crippen LogP contribution in [0, 0.1) is 0 Å². The Morgan fingerprint density at radius 1 is 1.10 bits per heavy atom. The number of carboxylic acid groups (broad SMARTS) is 1. The van der Waals surface area contributed by atoms with Gasteiger partial charge in [-0.05, 0) is 32.3 Å². The van der Waals surface area contributed by atoms with E-state index < -0.39 is 64.8 Å². The summed E-state index contributed by atoms with van der Waals surface area (Å²) in [7, 11) is 0. The van der Waals surface area contributed by atoms with Crippen molar-refractivity contribution in [3.8, 4) is 17.5 Å². The molecule has 0 saturated heterocycles. The fourth-order valence-corrected chi connectivity index (χ4v) is 3.22. The summed E-state index contributed by atoms with van der Waals surface area (Å²) in [5.74, 6) is -6.36. The average molecular weight is 453 g/mol. The highest BCUT2D eigenvalue weighted by atomic mass is 19.4. The van der Waals surface area contributed by atoms with E-state index in [4.69, 9.17) is 9.15 Å². The summed E-state index contributed by atoms with van der Waals surface area (Å²) in [4.78, 5) is 15.2. The molecule has 31 heavy (non-hydrogen) atoms. The van der Waals surface area contributed by atoms with E-state index in [2.05, 4.69) is 15.2 Å². The summed E-state index contributed by atoms with van der Waals surface area (Å²) in [6.07, 6.45) is -9.57. The van der Waals surface area contributed by atoms with E-state index in [9.17, 15) is 36.2 Å².